The van der Waals surface area contributed by atoms with Crippen LogP contribution in [0.2, 0.25) is 0 Å². The van der Waals surface area contributed by atoms with E-state index in [1.165, 1.54) is 0 Å². The minimum atomic E-state index is -0.627. The molecule has 3 aliphatic rings. The highest BCUT2D eigenvalue weighted by Crippen LogP contribution is 2.42. The minimum absolute atomic E-state index is 0.0337. The number of aliphatic hydroxyl groups is 1. The molecule has 4 nitrogen and oxygen atoms in total. The molecule has 2 bridgehead atoms. The zero-order chi connectivity index (χ0) is 17.2. The Morgan fingerprint density at radius 3 is 2.65 bits per heavy atom. The van der Waals surface area contributed by atoms with Crippen LogP contribution in [0.5, 0.6) is 0 Å². The molecule has 128 valence electrons. The number of hydrogen-bond acceptors (Lipinski definition) is 4. The van der Waals surface area contributed by atoms with E-state index in [2.05, 4.69) is 6.58 Å². The van der Waals surface area contributed by atoms with Crippen molar-refractivity contribution in [2.24, 2.45) is 11.3 Å². The number of ketones is 1. The predicted octanol–water partition coefficient (Wildman–Crippen LogP) is 3.34. The van der Waals surface area contributed by atoms with Crippen molar-refractivity contribution >= 4 is 11.8 Å². The first-order chi connectivity index (χ1) is 10.7. The third kappa shape index (κ3) is 4.31. The van der Waals surface area contributed by atoms with Gasteiger partial charge < -0.3 is 9.84 Å². The Bertz CT molecular complexity index is 529. The molecule has 0 aromatic carbocycles. The quantitative estimate of drug-likeness (QED) is 0.549. The smallest absolute Gasteiger partial charge is 0.310 e. The van der Waals surface area contributed by atoms with Crippen LogP contribution in [-0.2, 0) is 14.3 Å². The largest absolute Gasteiger partial charge is 0.454 e. The Morgan fingerprint density at radius 1 is 1.26 bits per heavy atom. The fourth-order valence-electron chi connectivity index (χ4n) is 3.73. The standard InChI is InChI=1S/C19H28O4/c1-12-5-6-14-7-8-16(18(22)19(14,3)4)23-17(21)11-13(2)10-15(20)9-12/h10,14-16,20H,1,5-9,11H2,2-4H3/b13-10+/t14-,15+,16+/m1/s1. The maximum absolute atomic E-state index is 12.7. The van der Waals surface area contributed by atoms with E-state index in [9.17, 15) is 14.7 Å². The van der Waals surface area contributed by atoms with Crippen molar-refractivity contribution in [2.45, 2.75) is 71.5 Å². The number of Topliss-reactive ketones (excluding diaryl/α,β-unsaturated/α-hetero) is 1. The molecule has 0 unspecified atom stereocenters. The molecule has 2 heterocycles. The topological polar surface area (TPSA) is 63.6 Å². The second-order valence-electron chi connectivity index (χ2n) is 7.59. The van der Waals surface area contributed by atoms with Gasteiger partial charge in [0.2, 0.25) is 0 Å². The van der Waals surface area contributed by atoms with Gasteiger partial charge in [0.15, 0.2) is 11.9 Å². The highest BCUT2D eigenvalue weighted by Gasteiger charge is 2.45. The van der Waals surface area contributed by atoms with Crippen LogP contribution in [-0.4, -0.2) is 29.1 Å². The van der Waals surface area contributed by atoms with E-state index in [0.29, 0.717) is 12.8 Å². The second kappa shape index (κ2) is 7.00. The molecule has 3 atom stereocenters. The van der Waals surface area contributed by atoms with Gasteiger partial charge in [0, 0.05) is 5.41 Å². The van der Waals surface area contributed by atoms with Gasteiger partial charge in [-0.15, -0.1) is 0 Å². The van der Waals surface area contributed by atoms with Gasteiger partial charge in [-0.25, -0.2) is 0 Å². The summed E-state index contributed by atoms with van der Waals surface area (Å²) in [6, 6.07) is 0. The van der Waals surface area contributed by atoms with Crippen molar-refractivity contribution in [3.63, 3.8) is 0 Å². The van der Waals surface area contributed by atoms with Crippen LogP contribution < -0.4 is 0 Å². The Morgan fingerprint density at radius 2 is 1.96 bits per heavy atom. The van der Waals surface area contributed by atoms with Gasteiger partial charge in [-0.1, -0.05) is 37.6 Å². The Hall–Kier alpha value is -1.42. The van der Waals surface area contributed by atoms with E-state index in [0.717, 1.165) is 30.4 Å². The molecule has 1 fully saturated rings. The first kappa shape index (κ1) is 17.9. The normalized spacial score (nSPS) is 35.2. The highest BCUT2D eigenvalue weighted by molar-refractivity contribution is 5.91. The fraction of sp³-hybridized carbons (Fsp3) is 0.684. The SMILES string of the molecule is C=C1CC[C@@H]2CC[C@H](OC(=O)C/C(C)=C/[C@@H](O)C1)C(=O)C2(C)C. The monoisotopic (exact) mass is 320 g/mol. The summed E-state index contributed by atoms with van der Waals surface area (Å²) in [4.78, 5) is 24.8. The van der Waals surface area contributed by atoms with Crippen LogP contribution in [0, 0.1) is 11.3 Å². The first-order valence-corrected chi connectivity index (χ1v) is 8.46. The van der Waals surface area contributed by atoms with Crippen LogP contribution in [0.4, 0.5) is 0 Å². The molecule has 1 saturated carbocycles. The predicted molar refractivity (Wildman–Crippen MR) is 88.8 cm³/mol. The van der Waals surface area contributed by atoms with Gasteiger partial charge in [0.1, 0.15) is 0 Å². The summed E-state index contributed by atoms with van der Waals surface area (Å²) in [6.45, 7) is 9.76. The number of esters is 1. The molecule has 1 N–H and O–H groups in total. The average molecular weight is 320 g/mol. The van der Waals surface area contributed by atoms with E-state index in [1.54, 1.807) is 13.0 Å². The summed E-state index contributed by atoms with van der Waals surface area (Å²) in [6.07, 6.45) is 4.22. The second-order valence-corrected chi connectivity index (χ2v) is 7.59. The van der Waals surface area contributed by atoms with Crippen LogP contribution in [0.15, 0.2) is 23.8 Å². The van der Waals surface area contributed by atoms with Gasteiger partial charge in [0.25, 0.3) is 0 Å². The molecule has 23 heavy (non-hydrogen) atoms. The molecule has 0 amide bonds. The number of ether oxygens (including phenoxy) is 1. The molecule has 0 radical (unpaired) electrons. The minimum Gasteiger partial charge on any atom is -0.454 e. The molecule has 1 aliphatic carbocycles. The number of hydrogen-bond donors (Lipinski definition) is 1. The summed E-state index contributed by atoms with van der Waals surface area (Å²) in [5, 5.41) is 10.1. The van der Waals surface area contributed by atoms with Crippen molar-refractivity contribution in [3.8, 4) is 0 Å². The number of fused-ring (bicyclic) bond motifs is 10. The molecular formula is C19H28O4. The van der Waals surface area contributed by atoms with Gasteiger partial charge in [-0.05, 0) is 44.9 Å². The lowest BCUT2D eigenvalue weighted by atomic mass is 9.65. The Labute approximate surface area is 138 Å². The highest BCUT2D eigenvalue weighted by atomic mass is 16.5. The third-order valence-corrected chi connectivity index (χ3v) is 5.24. The third-order valence-electron chi connectivity index (χ3n) is 5.24. The Kier molecular flexibility index (Phi) is 5.45. The van der Waals surface area contributed by atoms with E-state index >= 15 is 0 Å². The van der Waals surface area contributed by atoms with Crippen molar-refractivity contribution in [3.05, 3.63) is 23.8 Å². The average Bonchev–Trinajstić information content (AvgIpc) is 2.41. The van der Waals surface area contributed by atoms with Crippen LogP contribution in [0.25, 0.3) is 0 Å². The lowest BCUT2D eigenvalue weighted by Gasteiger charge is -2.40. The number of aliphatic hydroxyl groups excluding tert-OH is 1. The van der Waals surface area contributed by atoms with Crippen molar-refractivity contribution in [1.29, 1.82) is 0 Å². The van der Waals surface area contributed by atoms with E-state index in [1.807, 2.05) is 13.8 Å². The summed E-state index contributed by atoms with van der Waals surface area (Å²) < 4.78 is 5.43. The summed E-state index contributed by atoms with van der Waals surface area (Å²) in [5.41, 5.74) is 1.26. The Balaban J connectivity index is 2.25. The number of carbonyl (C=O) groups excluding carboxylic acids is 2. The zero-order valence-electron chi connectivity index (χ0n) is 14.4. The van der Waals surface area contributed by atoms with Gasteiger partial charge in [-0.2, -0.15) is 0 Å². The molecule has 4 heteroatoms. The zero-order valence-corrected chi connectivity index (χ0v) is 14.4. The van der Waals surface area contributed by atoms with Gasteiger partial charge >= 0.3 is 5.97 Å². The van der Waals surface area contributed by atoms with Gasteiger partial charge in [0.05, 0.1) is 12.5 Å². The molecule has 0 spiro atoms. The molecule has 2 aliphatic heterocycles. The molecular weight excluding hydrogens is 292 g/mol. The maximum atomic E-state index is 12.7. The summed E-state index contributed by atoms with van der Waals surface area (Å²) >= 11 is 0. The van der Waals surface area contributed by atoms with E-state index < -0.39 is 23.6 Å². The van der Waals surface area contributed by atoms with Crippen molar-refractivity contribution in [1.82, 2.24) is 0 Å². The first-order valence-electron chi connectivity index (χ1n) is 8.46. The van der Waals surface area contributed by atoms with Crippen LogP contribution in [0.3, 0.4) is 0 Å². The number of carbonyl (C=O) groups is 2. The molecule has 0 saturated heterocycles. The van der Waals surface area contributed by atoms with Crippen LogP contribution >= 0.6 is 0 Å². The fourth-order valence-corrected chi connectivity index (χ4v) is 3.73. The number of rotatable bonds is 0. The van der Waals surface area contributed by atoms with E-state index in [-0.39, 0.29) is 18.1 Å². The van der Waals surface area contributed by atoms with Crippen molar-refractivity contribution in [2.75, 3.05) is 0 Å². The molecule has 0 aromatic heterocycles. The lowest BCUT2D eigenvalue weighted by molar-refractivity contribution is -0.163. The van der Waals surface area contributed by atoms with Crippen LogP contribution in [0.1, 0.15) is 59.3 Å². The maximum Gasteiger partial charge on any atom is 0.310 e. The van der Waals surface area contributed by atoms with Gasteiger partial charge in [-0.3, -0.25) is 9.59 Å². The summed E-state index contributed by atoms with van der Waals surface area (Å²) in [7, 11) is 0. The molecule has 0 aromatic rings. The molecule has 3 rings (SSSR count). The van der Waals surface area contributed by atoms with E-state index in [4.69, 9.17) is 4.74 Å². The summed E-state index contributed by atoms with van der Waals surface area (Å²) in [5.74, 6) is -0.0973. The van der Waals surface area contributed by atoms with Crippen molar-refractivity contribution < 1.29 is 19.4 Å². The lowest BCUT2D eigenvalue weighted by Crippen LogP contribution is -2.46.